The molecule has 0 spiro atoms. The molecule has 2 saturated heterocycles. The Kier molecular flexibility index (Phi) is 4.14. The molecular weight excluding hydrogens is 300 g/mol. The van der Waals surface area contributed by atoms with Gasteiger partial charge in [0, 0.05) is 43.8 Å². The third-order valence-electron chi connectivity index (χ3n) is 5.37. The van der Waals surface area contributed by atoms with Crippen molar-refractivity contribution in [2.24, 2.45) is 5.92 Å². The van der Waals surface area contributed by atoms with Crippen LogP contribution >= 0.6 is 0 Å². The van der Waals surface area contributed by atoms with E-state index in [0.29, 0.717) is 24.1 Å². The van der Waals surface area contributed by atoms with Crippen molar-refractivity contribution in [3.05, 3.63) is 36.3 Å². The molecule has 0 aromatic carbocycles. The van der Waals surface area contributed by atoms with Gasteiger partial charge in [-0.2, -0.15) is 0 Å². The fourth-order valence-electron chi connectivity index (χ4n) is 3.88. The van der Waals surface area contributed by atoms with Crippen molar-refractivity contribution < 1.29 is 4.74 Å². The highest BCUT2D eigenvalue weighted by molar-refractivity contribution is 5.50. The molecular formula is C19H26N4O. The van der Waals surface area contributed by atoms with Crippen molar-refractivity contribution in [1.29, 1.82) is 0 Å². The maximum absolute atomic E-state index is 6.07. The van der Waals surface area contributed by atoms with E-state index < -0.39 is 0 Å². The summed E-state index contributed by atoms with van der Waals surface area (Å²) in [5, 5.41) is 0. The summed E-state index contributed by atoms with van der Waals surface area (Å²) in [5.41, 5.74) is 2.12. The van der Waals surface area contributed by atoms with Crippen molar-refractivity contribution in [2.75, 3.05) is 19.7 Å². The minimum absolute atomic E-state index is 0.362. The zero-order valence-electron chi connectivity index (χ0n) is 14.7. The maximum atomic E-state index is 6.07. The molecule has 2 aliphatic heterocycles. The predicted octanol–water partition coefficient (Wildman–Crippen LogP) is 2.92. The molecule has 128 valence electrons. The van der Waals surface area contributed by atoms with Gasteiger partial charge in [-0.25, -0.2) is 4.98 Å². The summed E-state index contributed by atoms with van der Waals surface area (Å²) in [4.78, 5) is 11.7. The number of pyridine rings is 1. The Morgan fingerprint density at radius 1 is 1.17 bits per heavy atom. The smallest absolute Gasteiger partial charge is 0.158 e. The van der Waals surface area contributed by atoms with Crippen LogP contribution in [0.2, 0.25) is 0 Å². The van der Waals surface area contributed by atoms with Crippen LogP contribution in [0.4, 0.5) is 0 Å². The average molecular weight is 326 g/mol. The van der Waals surface area contributed by atoms with Crippen molar-refractivity contribution in [3.63, 3.8) is 0 Å². The van der Waals surface area contributed by atoms with E-state index in [4.69, 9.17) is 4.74 Å². The van der Waals surface area contributed by atoms with Crippen molar-refractivity contribution in [3.8, 4) is 11.5 Å². The van der Waals surface area contributed by atoms with Gasteiger partial charge in [0.15, 0.2) is 5.82 Å². The van der Waals surface area contributed by atoms with Crippen LogP contribution in [0.1, 0.15) is 31.9 Å². The lowest BCUT2D eigenvalue weighted by atomic mass is 10.0. The third-order valence-corrected chi connectivity index (χ3v) is 5.37. The quantitative estimate of drug-likeness (QED) is 0.870. The summed E-state index contributed by atoms with van der Waals surface area (Å²) in [5.74, 6) is 1.55. The number of aryl methyl sites for hydroxylation is 1. The van der Waals surface area contributed by atoms with Gasteiger partial charge in [0.05, 0.1) is 12.7 Å². The van der Waals surface area contributed by atoms with Crippen LogP contribution in [0.3, 0.4) is 0 Å². The molecule has 0 unspecified atom stereocenters. The van der Waals surface area contributed by atoms with Gasteiger partial charge in [-0.3, -0.25) is 9.88 Å². The first-order valence-electron chi connectivity index (χ1n) is 8.93. The van der Waals surface area contributed by atoms with Gasteiger partial charge < -0.3 is 9.30 Å². The highest BCUT2D eigenvalue weighted by Crippen LogP contribution is 2.34. The van der Waals surface area contributed by atoms with E-state index in [1.807, 2.05) is 12.4 Å². The van der Waals surface area contributed by atoms with Crippen molar-refractivity contribution >= 4 is 0 Å². The number of hydrogen-bond acceptors (Lipinski definition) is 4. The Hall–Kier alpha value is -1.72. The summed E-state index contributed by atoms with van der Waals surface area (Å²) in [7, 11) is 0. The lowest BCUT2D eigenvalue weighted by Crippen LogP contribution is -2.47. The second-order valence-electron chi connectivity index (χ2n) is 7.49. The van der Waals surface area contributed by atoms with Gasteiger partial charge in [0.2, 0.25) is 0 Å². The van der Waals surface area contributed by atoms with E-state index >= 15 is 0 Å². The molecule has 4 heterocycles. The fourth-order valence-corrected chi connectivity index (χ4v) is 3.88. The predicted molar refractivity (Wildman–Crippen MR) is 93.8 cm³/mol. The minimum Gasteiger partial charge on any atom is -0.375 e. The summed E-state index contributed by atoms with van der Waals surface area (Å²) >= 11 is 0. The summed E-state index contributed by atoms with van der Waals surface area (Å²) in [6.45, 7) is 9.53. The summed E-state index contributed by atoms with van der Waals surface area (Å²) < 4.78 is 8.37. The van der Waals surface area contributed by atoms with E-state index in [-0.39, 0.29) is 0 Å². The number of hydrogen-bond donors (Lipinski definition) is 0. The molecule has 24 heavy (non-hydrogen) atoms. The van der Waals surface area contributed by atoms with Crippen LogP contribution in [0.15, 0.2) is 30.7 Å². The Bertz CT molecular complexity index is 694. The number of rotatable bonds is 3. The number of imidazole rings is 1. The van der Waals surface area contributed by atoms with Crippen molar-refractivity contribution in [2.45, 2.75) is 45.4 Å². The molecule has 2 aromatic heterocycles. The lowest BCUT2D eigenvalue weighted by molar-refractivity contribution is -0.0683. The summed E-state index contributed by atoms with van der Waals surface area (Å²) in [6, 6.07) is 5.14. The minimum atomic E-state index is 0.362. The topological polar surface area (TPSA) is 43.2 Å². The number of aromatic nitrogens is 3. The number of morpholine rings is 1. The van der Waals surface area contributed by atoms with E-state index in [1.165, 1.54) is 5.56 Å². The Morgan fingerprint density at radius 2 is 2.04 bits per heavy atom. The van der Waals surface area contributed by atoms with Gasteiger partial charge in [-0.05, 0) is 30.9 Å². The van der Waals surface area contributed by atoms with Crippen LogP contribution in [0.5, 0.6) is 0 Å². The Balaban J connectivity index is 1.54. The van der Waals surface area contributed by atoms with Gasteiger partial charge in [0.25, 0.3) is 0 Å². The molecule has 2 aliphatic rings. The molecule has 0 radical (unpaired) electrons. The molecule has 0 bridgehead atoms. The SMILES string of the molecule is Cc1ccc(-c2nccn2[C@H]2C[C@H]3CO[C@@H](C(C)C)CN3C2)nc1. The second-order valence-corrected chi connectivity index (χ2v) is 7.49. The van der Waals surface area contributed by atoms with Crippen molar-refractivity contribution in [1.82, 2.24) is 19.4 Å². The van der Waals surface area contributed by atoms with Gasteiger partial charge >= 0.3 is 0 Å². The van der Waals surface area contributed by atoms with Gasteiger partial charge in [0.1, 0.15) is 5.69 Å². The summed E-state index contributed by atoms with van der Waals surface area (Å²) in [6.07, 6.45) is 7.39. The van der Waals surface area contributed by atoms with E-state index in [2.05, 4.69) is 58.5 Å². The maximum Gasteiger partial charge on any atom is 0.158 e. The molecule has 0 aliphatic carbocycles. The van der Waals surface area contributed by atoms with E-state index in [9.17, 15) is 0 Å². The van der Waals surface area contributed by atoms with Crippen LogP contribution in [-0.2, 0) is 4.74 Å². The molecule has 2 fully saturated rings. The van der Waals surface area contributed by atoms with Crippen LogP contribution in [0, 0.1) is 12.8 Å². The normalized spacial score (nSPS) is 27.6. The first kappa shape index (κ1) is 15.8. The zero-order valence-corrected chi connectivity index (χ0v) is 14.7. The van der Waals surface area contributed by atoms with Crippen LogP contribution in [0.25, 0.3) is 11.5 Å². The molecule has 2 aromatic rings. The first-order chi connectivity index (χ1) is 11.6. The molecule has 5 nitrogen and oxygen atoms in total. The highest BCUT2D eigenvalue weighted by Gasteiger charge is 2.39. The largest absolute Gasteiger partial charge is 0.375 e. The number of nitrogens with zero attached hydrogens (tertiary/aromatic N) is 4. The number of ether oxygens (including phenoxy) is 1. The average Bonchev–Trinajstić information content (AvgIpc) is 3.21. The lowest BCUT2D eigenvalue weighted by Gasteiger charge is -2.36. The molecule has 0 N–H and O–H groups in total. The third kappa shape index (κ3) is 2.87. The van der Waals surface area contributed by atoms with Crippen LogP contribution in [-0.4, -0.2) is 51.3 Å². The monoisotopic (exact) mass is 326 g/mol. The molecule has 4 rings (SSSR count). The van der Waals surface area contributed by atoms with E-state index in [1.54, 1.807) is 0 Å². The second kappa shape index (κ2) is 6.30. The number of fused-ring (bicyclic) bond motifs is 1. The first-order valence-corrected chi connectivity index (χ1v) is 8.93. The highest BCUT2D eigenvalue weighted by atomic mass is 16.5. The Morgan fingerprint density at radius 3 is 2.79 bits per heavy atom. The fraction of sp³-hybridized carbons (Fsp3) is 0.579. The Labute approximate surface area is 143 Å². The van der Waals surface area contributed by atoms with Gasteiger partial charge in [-0.15, -0.1) is 0 Å². The standard InChI is InChI=1S/C19H26N4O/c1-13(2)18-11-22-10-15(8-16(22)12-24-18)23-7-6-20-19(23)17-5-4-14(3)9-21-17/h4-7,9,13,15-16,18H,8,10-12H2,1-3H3/t15-,16-,18+/m0/s1. The molecule has 5 heteroatoms. The van der Waals surface area contributed by atoms with Gasteiger partial charge in [-0.1, -0.05) is 19.9 Å². The van der Waals surface area contributed by atoms with Crippen LogP contribution < -0.4 is 0 Å². The molecule has 0 saturated carbocycles. The zero-order chi connectivity index (χ0) is 16.7. The van der Waals surface area contributed by atoms with E-state index in [0.717, 1.165) is 37.6 Å². The molecule has 3 atom stereocenters. The molecule has 0 amide bonds.